The number of aromatic hydroxyl groups is 1. The zero-order valence-corrected chi connectivity index (χ0v) is 16.5. The van der Waals surface area contributed by atoms with E-state index in [0.29, 0.717) is 10.7 Å². The number of nitrogens with zero attached hydrogens (tertiary/aromatic N) is 2. The van der Waals surface area contributed by atoms with E-state index in [1.54, 1.807) is 18.2 Å². The molecular formula is C22H22N2O3S. The average molecular weight is 394 g/mol. The van der Waals surface area contributed by atoms with Gasteiger partial charge in [0, 0.05) is 6.04 Å². The van der Waals surface area contributed by atoms with Crippen LogP contribution in [0.2, 0.25) is 0 Å². The minimum absolute atomic E-state index is 0.00128. The Bertz CT molecular complexity index is 934. The van der Waals surface area contributed by atoms with E-state index >= 15 is 0 Å². The third-order valence-electron chi connectivity index (χ3n) is 5.01. The van der Waals surface area contributed by atoms with Gasteiger partial charge in [0.2, 0.25) is 0 Å². The van der Waals surface area contributed by atoms with Crippen LogP contribution < -0.4 is 4.74 Å². The number of hydrogen-bond acceptors (Lipinski definition) is 5. The molecule has 0 radical (unpaired) electrons. The van der Waals surface area contributed by atoms with Crippen LogP contribution in [0.1, 0.15) is 31.2 Å². The molecule has 6 heteroatoms. The first-order valence-corrected chi connectivity index (χ1v) is 10.2. The number of amides is 1. The maximum Gasteiger partial charge on any atom is 0.267 e. The van der Waals surface area contributed by atoms with E-state index in [1.165, 1.54) is 18.9 Å². The average Bonchev–Trinajstić information content (AvgIpc) is 3.33. The number of amidine groups is 1. The van der Waals surface area contributed by atoms with Crippen LogP contribution in [-0.4, -0.2) is 34.2 Å². The molecule has 144 valence electrons. The Kier molecular flexibility index (Phi) is 5.39. The van der Waals surface area contributed by atoms with E-state index in [4.69, 9.17) is 9.73 Å². The highest BCUT2D eigenvalue weighted by Crippen LogP contribution is 2.39. The molecule has 1 saturated carbocycles. The fourth-order valence-corrected chi connectivity index (χ4v) is 4.66. The van der Waals surface area contributed by atoms with Crippen LogP contribution in [-0.2, 0) is 4.79 Å². The van der Waals surface area contributed by atoms with E-state index in [1.807, 2.05) is 41.3 Å². The summed E-state index contributed by atoms with van der Waals surface area (Å²) in [5.41, 5.74) is 1.64. The molecule has 0 atom stereocenters. The molecule has 1 aliphatic heterocycles. The van der Waals surface area contributed by atoms with Crippen LogP contribution >= 0.6 is 11.8 Å². The molecule has 0 spiro atoms. The van der Waals surface area contributed by atoms with Gasteiger partial charge in [0.15, 0.2) is 16.7 Å². The molecule has 2 aliphatic rings. The van der Waals surface area contributed by atoms with Crippen molar-refractivity contribution in [3.63, 3.8) is 0 Å². The Balaban J connectivity index is 1.70. The number of carbonyl (C=O) groups is 1. The number of carbonyl (C=O) groups excluding carboxylic acids is 1. The number of methoxy groups -OCH3 is 1. The molecule has 1 aliphatic carbocycles. The summed E-state index contributed by atoms with van der Waals surface area (Å²) in [6.45, 7) is 0. The van der Waals surface area contributed by atoms with Gasteiger partial charge in [-0.1, -0.05) is 37.1 Å². The number of hydrogen-bond donors (Lipinski definition) is 1. The predicted molar refractivity (Wildman–Crippen MR) is 113 cm³/mol. The van der Waals surface area contributed by atoms with Crippen molar-refractivity contribution in [3.8, 4) is 11.5 Å². The van der Waals surface area contributed by atoms with E-state index in [2.05, 4.69) is 0 Å². The number of aliphatic imine (C=N–C) groups is 1. The number of ether oxygens (including phenoxy) is 1. The SMILES string of the molecule is COc1cc(/C=C2\SC(=Nc3ccccc3)N(C3CCCC3)C2=O)ccc1O. The van der Waals surface area contributed by atoms with Crippen LogP contribution in [0, 0.1) is 0 Å². The predicted octanol–water partition coefficient (Wildman–Crippen LogP) is 4.95. The van der Waals surface area contributed by atoms with Crippen LogP contribution in [0.5, 0.6) is 11.5 Å². The summed E-state index contributed by atoms with van der Waals surface area (Å²) in [7, 11) is 1.51. The van der Waals surface area contributed by atoms with Gasteiger partial charge < -0.3 is 9.84 Å². The molecule has 1 N–H and O–H groups in total. The molecule has 28 heavy (non-hydrogen) atoms. The third kappa shape index (κ3) is 3.78. The molecule has 2 fully saturated rings. The van der Waals surface area contributed by atoms with Gasteiger partial charge in [0.1, 0.15) is 0 Å². The minimum Gasteiger partial charge on any atom is -0.504 e. The van der Waals surface area contributed by atoms with Crippen molar-refractivity contribution < 1.29 is 14.6 Å². The fraction of sp³-hybridized carbons (Fsp3) is 0.273. The Hall–Kier alpha value is -2.73. The Morgan fingerprint density at radius 1 is 1.18 bits per heavy atom. The maximum absolute atomic E-state index is 13.2. The van der Waals surface area contributed by atoms with Crippen LogP contribution in [0.15, 0.2) is 58.4 Å². The normalized spacial score (nSPS) is 20.5. The molecule has 1 amide bonds. The molecular weight excluding hydrogens is 372 g/mol. The highest BCUT2D eigenvalue weighted by atomic mass is 32.2. The molecule has 4 rings (SSSR count). The fourth-order valence-electron chi connectivity index (χ4n) is 3.60. The zero-order valence-electron chi connectivity index (χ0n) is 15.7. The number of thioether (sulfide) groups is 1. The summed E-state index contributed by atoms with van der Waals surface area (Å²) < 4.78 is 5.17. The van der Waals surface area contributed by atoms with Gasteiger partial charge in [-0.2, -0.15) is 0 Å². The van der Waals surface area contributed by atoms with Gasteiger partial charge in [0.05, 0.1) is 17.7 Å². The van der Waals surface area contributed by atoms with Crippen LogP contribution in [0.25, 0.3) is 6.08 Å². The summed E-state index contributed by atoms with van der Waals surface area (Å²) in [6, 6.07) is 15.0. The van der Waals surface area contributed by atoms with Crippen LogP contribution in [0.3, 0.4) is 0 Å². The van der Waals surface area contributed by atoms with E-state index < -0.39 is 0 Å². The van der Waals surface area contributed by atoms with Crippen molar-refractivity contribution in [2.24, 2.45) is 4.99 Å². The first-order chi connectivity index (χ1) is 13.7. The second-order valence-electron chi connectivity index (χ2n) is 6.89. The van der Waals surface area contributed by atoms with Gasteiger partial charge in [-0.15, -0.1) is 0 Å². The van der Waals surface area contributed by atoms with Gasteiger partial charge in [-0.05, 0) is 60.5 Å². The summed E-state index contributed by atoms with van der Waals surface area (Å²) >= 11 is 1.41. The van der Waals surface area contributed by atoms with Crippen molar-refractivity contribution in [3.05, 3.63) is 59.0 Å². The van der Waals surface area contributed by atoms with Crippen LogP contribution in [0.4, 0.5) is 5.69 Å². The smallest absolute Gasteiger partial charge is 0.267 e. The lowest BCUT2D eigenvalue weighted by Gasteiger charge is -2.22. The minimum atomic E-state index is -0.00128. The van der Waals surface area contributed by atoms with Gasteiger partial charge in [0.25, 0.3) is 5.91 Å². The van der Waals surface area contributed by atoms with Crippen molar-refractivity contribution in [2.45, 2.75) is 31.7 Å². The van der Waals surface area contributed by atoms with Gasteiger partial charge >= 0.3 is 0 Å². The largest absolute Gasteiger partial charge is 0.504 e. The van der Waals surface area contributed by atoms with Gasteiger partial charge in [-0.25, -0.2) is 4.99 Å². The highest BCUT2D eigenvalue weighted by molar-refractivity contribution is 8.18. The quantitative estimate of drug-likeness (QED) is 0.746. The number of phenolic OH excluding ortho intramolecular Hbond substituents is 1. The second-order valence-corrected chi connectivity index (χ2v) is 7.89. The number of rotatable bonds is 4. The summed E-state index contributed by atoms with van der Waals surface area (Å²) in [5.74, 6) is 0.461. The second kappa shape index (κ2) is 8.10. The van der Waals surface area contributed by atoms with E-state index in [0.717, 1.165) is 42.1 Å². The summed E-state index contributed by atoms with van der Waals surface area (Å²) in [4.78, 5) is 20.5. The summed E-state index contributed by atoms with van der Waals surface area (Å²) in [5, 5.41) is 10.5. The van der Waals surface area contributed by atoms with Crippen molar-refractivity contribution in [1.29, 1.82) is 0 Å². The van der Waals surface area contributed by atoms with Crippen molar-refractivity contribution in [1.82, 2.24) is 4.90 Å². The number of benzene rings is 2. The monoisotopic (exact) mass is 394 g/mol. The number of para-hydroxylation sites is 1. The molecule has 0 unspecified atom stereocenters. The topological polar surface area (TPSA) is 62.1 Å². The summed E-state index contributed by atoms with van der Waals surface area (Å²) in [6.07, 6.45) is 6.16. The number of phenols is 1. The third-order valence-corrected chi connectivity index (χ3v) is 5.99. The van der Waals surface area contributed by atoms with E-state index in [9.17, 15) is 9.90 Å². The lowest BCUT2D eigenvalue weighted by Crippen LogP contribution is -2.37. The maximum atomic E-state index is 13.2. The molecule has 0 aromatic heterocycles. The highest BCUT2D eigenvalue weighted by Gasteiger charge is 2.39. The molecule has 5 nitrogen and oxygen atoms in total. The van der Waals surface area contributed by atoms with E-state index in [-0.39, 0.29) is 17.7 Å². The van der Waals surface area contributed by atoms with Crippen molar-refractivity contribution in [2.75, 3.05) is 7.11 Å². The molecule has 0 bridgehead atoms. The lowest BCUT2D eigenvalue weighted by atomic mass is 10.1. The lowest BCUT2D eigenvalue weighted by molar-refractivity contribution is -0.123. The molecule has 1 saturated heterocycles. The first-order valence-electron chi connectivity index (χ1n) is 9.39. The Morgan fingerprint density at radius 2 is 1.93 bits per heavy atom. The molecule has 1 heterocycles. The Morgan fingerprint density at radius 3 is 2.64 bits per heavy atom. The zero-order chi connectivity index (χ0) is 19.5. The molecule has 2 aromatic rings. The molecule has 2 aromatic carbocycles. The van der Waals surface area contributed by atoms with Gasteiger partial charge in [-0.3, -0.25) is 9.69 Å². The first kappa shape index (κ1) is 18.6. The standard InChI is InChI=1S/C22H22N2O3S/c1-27-19-13-15(11-12-18(19)25)14-20-21(26)24(17-9-5-6-10-17)22(28-20)23-16-7-3-2-4-8-16/h2-4,7-8,11-14,17,25H,5-6,9-10H2,1H3/b20-14-,23-22?. The Labute approximate surface area is 168 Å². The van der Waals surface area contributed by atoms with Crippen molar-refractivity contribution >= 4 is 34.6 Å².